The van der Waals surface area contributed by atoms with Crippen molar-refractivity contribution in [2.75, 3.05) is 6.61 Å². The van der Waals surface area contributed by atoms with E-state index in [0.29, 0.717) is 13.2 Å². The van der Waals surface area contributed by atoms with E-state index < -0.39 is 0 Å². The molecular weight excluding hydrogens is 150 g/mol. The third-order valence-corrected chi connectivity index (χ3v) is 2.34. The smallest absolute Gasteiger partial charge is 0.0721 e. The molecule has 2 nitrogen and oxygen atoms in total. The van der Waals surface area contributed by atoms with Gasteiger partial charge in [0.15, 0.2) is 0 Å². The van der Waals surface area contributed by atoms with Crippen molar-refractivity contribution in [3.63, 3.8) is 0 Å². The fraction of sp³-hybridized carbons (Fsp3) is 0.400. The number of hydrogen-bond acceptors (Lipinski definition) is 2. The molecule has 1 unspecified atom stereocenters. The Balaban J connectivity index is 2.53. The summed E-state index contributed by atoms with van der Waals surface area (Å²) in [6, 6.07) is 6.30. The highest BCUT2D eigenvalue weighted by atomic mass is 16.5. The molecule has 0 saturated heterocycles. The molecule has 1 heterocycles. The predicted molar refractivity (Wildman–Crippen MR) is 47.8 cm³/mol. The maximum absolute atomic E-state index is 5.92. The van der Waals surface area contributed by atoms with Crippen LogP contribution in [0.1, 0.15) is 22.7 Å². The van der Waals surface area contributed by atoms with Gasteiger partial charge in [-0.25, -0.2) is 0 Å². The number of ether oxygens (including phenoxy) is 1. The summed E-state index contributed by atoms with van der Waals surface area (Å²) in [7, 11) is 0. The summed E-state index contributed by atoms with van der Waals surface area (Å²) in [5, 5.41) is 0. The number of fused-ring (bicyclic) bond motifs is 1. The van der Waals surface area contributed by atoms with E-state index in [-0.39, 0.29) is 6.04 Å². The first-order chi connectivity index (χ1) is 5.79. The van der Waals surface area contributed by atoms with Gasteiger partial charge in [0.05, 0.1) is 19.3 Å². The topological polar surface area (TPSA) is 35.2 Å². The zero-order chi connectivity index (χ0) is 8.55. The lowest BCUT2D eigenvalue weighted by Gasteiger charge is -2.24. The van der Waals surface area contributed by atoms with E-state index in [1.165, 1.54) is 16.7 Å². The summed E-state index contributed by atoms with van der Waals surface area (Å²) < 4.78 is 5.34. The van der Waals surface area contributed by atoms with E-state index >= 15 is 0 Å². The Bertz CT molecular complexity index is 296. The lowest BCUT2D eigenvalue weighted by molar-refractivity contribution is 0.0921. The highest BCUT2D eigenvalue weighted by Gasteiger charge is 2.18. The van der Waals surface area contributed by atoms with Crippen molar-refractivity contribution in [3.8, 4) is 0 Å². The molecular formula is C10H13NO. The van der Waals surface area contributed by atoms with Crippen molar-refractivity contribution in [3.05, 3.63) is 34.9 Å². The molecule has 0 spiro atoms. The lowest BCUT2D eigenvalue weighted by Crippen LogP contribution is -2.24. The minimum absolute atomic E-state index is 0.0648. The third-order valence-electron chi connectivity index (χ3n) is 2.34. The fourth-order valence-corrected chi connectivity index (χ4v) is 1.78. The van der Waals surface area contributed by atoms with Crippen LogP contribution in [-0.4, -0.2) is 6.61 Å². The van der Waals surface area contributed by atoms with Gasteiger partial charge in [0, 0.05) is 0 Å². The van der Waals surface area contributed by atoms with Gasteiger partial charge in [0.1, 0.15) is 0 Å². The van der Waals surface area contributed by atoms with Crippen molar-refractivity contribution in [2.24, 2.45) is 5.73 Å². The molecule has 1 aliphatic heterocycles. The van der Waals surface area contributed by atoms with Crippen LogP contribution in [0.15, 0.2) is 18.2 Å². The van der Waals surface area contributed by atoms with Crippen LogP contribution in [0.25, 0.3) is 0 Å². The average molecular weight is 163 g/mol. The van der Waals surface area contributed by atoms with Crippen LogP contribution in [0, 0.1) is 6.92 Å². The molecule has 0 fully saturated rings. The van der Waals surface area contributed by atoms with E-state index in [1.54, 1.807) is 0 Å². The molecule has 1 atom stereocenters. The number of hydrogen-bond donors (Lipinski definition) is 1. The molecule has 2 heteroatoms. The van der Waals surface area contributed by atoms with Gasteiger partial charge in [0.2, 0.25) is 0 Å². The summed E-state index contributed by atoms with van der Waals surface area (Å²) in [5.41, 5.74) is 9.73. The van der Waals surface area contributed by atoms with Gasteiger partial charge in [-0.15, -0.1) is 0 Å². The zero-order valence-corrected chi connectivity index (χ0v) is 7.21. The summed E-state index contributed by atoms with van der Waals surface area (Å²) >= 11 is 0. The van der Waals surface area contributed by atoms with Gasteiger partial charge < -0.3 is 10.5 Å². The van der Waals surface area contributed by atoms with Crippen LogP contribution < -0.4 is 5.73 Å². The largest absolute Gasteiger partial charge is 0.375 e. The normalized spacial score (nSPS) is 22.0. The van der Waals surface area contributed by atoms with Crippen molar-refractivity contribution < 1.29 is 4.74 Å². The van der Waals surface area contributed by atoms with Crippen molar-refractivity contribution in [2.45, 2.75) is 19.6 Å². The van der Waals surface area contributed by atoms with Crippen molar-refractivity contribution in [1.82, 2.24) is 0 Å². The molecule has 0 aliphatic carbocycles. The van der Waals surface area contributed by atoms with E-state index in [1.807, 2.05) is 0 Å². The SMILES string of the molecule is Cc1cccc2c1C(N)COC2. The Kier molecular flexibility index (Phi) is 1.87. The first kappa shape index (κ1) is 7.77. The highest BCUT2D eigenvalue weighted by molar-refractivity contribution is 5.37. The highest BCUT2D eigenvalue weighted by Crippen LogP contribution is 2.25. The van der Waals surface area contributed by atoms with E-state index in [2.05, 4.69) is 25.1 Å². The van der Waals surface area contributed by atoms with Crippen LogP contribution in [-0.2, 0) is 11.3 Å². The van der Waals surface area contributed by atoms with Crippen LogP contribution in [0.5, 0.6) is 0 Å². The second-order valence-electron chi connectivity index (χ2n) is 3.27. The van der Waals surface area contributed by atoms with E-state index in [9.17, 15) is 0 Å². The second-order valence-corrected chi connectivity index (χ2v) is 3.27. The van der Waals surface area contributed by atoms with Gasteiger partial charge in [-0.1, -0.05) is 18.2 Å². The molecule has 2 rings (SSSR count). The first-order valence-electron chi connectivity index (χ1n) is 4.21. The Hall–Kier alpha value is -0.860. The third kappa shape index (κ3) is 1.13. The monoisotopic (exact) mass is 163 g/mol. The van der Waals surface area contributed by atoms with Crippen LogP contribution in [0.3, 0.4) is 0 Å². The molecule has 0 aromatic heterocycles. The molecule has 2 N–H and O–H groups in total. The van der Waals surface area contributed by atoms with Gasteiger partial charge in [-0.05, 0) is 23.6 Å². The lowest BCUT2D eigenvalue weighted by atomic mass is 9.95. The molecule has 1 aromatic rings. The van der Waals surface area contributed by atoms with Crippen LogP contribution >= 0.6 is 0 Å². The predicted octanol–water partition coefficient (Wildman–Crippen LogP) is 1.53. The van der Waals surface area contributed by atoms with E-state index in [4.69, 9.17) is 10.5 Å². The summed E-state index contributed by atoms with van der Waals surface area (Å²) in [5.74, 6) is 0. The van der Waals surface area contributed by atoms with E-state index in [0.717, 1.165) is 0 Å². The number of aryl methyl sites for hydroxylation is 1. The van der Waals surface area contributed by atoms with Crippen LogP contribution in [0.4, 0.5) is 0 Å². The standard InChI is InChI=1S/C10H13NO/c1-7-3-2-4-8-5-12-6-9(11)10(7)8/h2-4,9H,5-6,11H2,1H3. The molecule has 0 amide bonds. The summed E-state index contributed by atoms with van der Waals surface area (Å²) in [6.45, 7) is 3.46. The zero-order valence-electron chi connectivity index (χ0n) is 7.21. The first-order valence-corrected chi connectivity index (χ1v) is 4.21. The molecule has 0 saturated carbocycles. The molecule has 1 aliphatic rings. The Morgan fingerprint density at radius 2 is 2.33 bits per heavy atom. The Labute approximate surface area is 72.3 Å². The van der Waals surface area contributed by atoms with Gasteiger partial charge >= 0.3 is 0 Å². The molecule has 1 aromatic carbocycles. The maximum Gasteiger partial charge on any atom is 0.0721 e. The summed E-state index contributed by atoms with van der Waals surface area (Å²) in [4.78, 5) is 0. The van der Waals surface area contributed by atoms with Crippen LogP contribution in [0.2, 0.25) is 0 Å². The maximum atomic E-state index is 5.92. The minimum Gasteiger partial charge on any atom is -0.375 e. The second kappa shape index (κ2) is 2.88. The number of rotatable bonds is 0. The fourth-order valence-electron chi connectivity index (χ4n) is 1.78. The van der Waals surface area contributed by atoms with Crippen molar-refractivity contribution in [1.29, 1.82) is 0 Å². The molecule has 64 valence electrons. The molecule has 0 bridgehead atoms. The number of benzene rings is 1. The Morgan fingerprint density at radius 3 is 3.08 bits per heavy atom. The molecule has 12 heavy (non-hydrogen) atoms. The quantitative estimate of drug-likeness (QED) is 0.629. The summed E-state index contributed by atoms with van der Waals surface area (Å²) in [6.07, 6.45) is 0. The number of nitrogens with two attached hydrogens (primary N) is 1. The van der Waals surface area contributed by atoms with Gasteiger partial charge in [0.25, 0.3) is 0 Å². The van der Waals surface area contributed by atoms with Crippen molar-refractivity contribution >= 4 is 0 Å². The molecule has 0 radical (unpaired) electrons. The van der Waals surface area contributed by atoms with Gasteiger partial charge in [-0.3, -0.25) is 0 Å². The Morgan fingerprint density at radius 1 is 1.50 bits per heavy atom. The van der Waals surface area contributed by atoms with Gasteiger partial charge in [-0.2, -0.15) is 0 Å². The minimum atomic E-state index is 0.0648. The average Bonchev–Trinajstić information content (AvgIpc) is 2.04.